The number of anilines is 2. The van der Waals surface area contributed by atoms with Crippen molar-refractivity contribution >= 4 is 50.1 Å². The van der Waals surface area contributed by atoms with Crippen molar-refractivity contribution in [2.24, 2.45) is 0 Å². The Kier molecular flexibility index (Phi) is 4.07. The zero-order chi connectivity index (χ0) is 16.7. The van der Waals surface area contributed by atoms with Gasteiger partial charge in [0.2, 0.25) is 0 Å². The molecule has 122 valence electrons. The molecule has 0 atom stereocenters. The normalized spacial score (nSPS) is 16.7. The minimum absolute atomic E-state index is 0.286. The Morgan fingerprint density at radius 1 is 1.35 bits per heavy atom. The maximum Gasteiger partial charge on any atom is 0.271 e. The first-order valence-electron chi connectivity index (χ1n) is 6.93. The maximum absolute atomic E-state index is 12.4. The van der Waals surface area contributed by atoms with Crippen LogP contribution >= 0.6 is 23.6 Å². The van der Waals surface area contributed by atoms with Crippen LogP contribution in [-0.4, -0.2) is 20.2 Å². The largest absolute Gasteiger partial charge is 0.470 e. The first kappa shape index (κ1) is 16.2. The molecule has 23 heavy (non-hydrogen) atoms. The average molecular weight is 369 g/mol. The lowest BCUT2D eigenvalue weighted by Gasteiger charge is -2.24. The number of hydrogen-bond acceptors (Lipinski definition) is 5. The molecule has 0 saturated carbocycles. The molecule has 0 unspecified atom stereocenters. The number of thiocarbonyl (C=S) groups is 1. The van der Waals surface area contributed by atoms with Gasteiger partial charge in [0, 0.05) is 16.8 Å². The summed E-state index contributed by atoms with van der Waals surface area (Å²) in [5.74, 6) is 0. The Labute approximate surface area is 144 Å². The van der Waals surface area contributed by atoms with Crippen molar-refractivity contribution < 1.29 is 13.2 Å². The molecule has 5 nitrogen and oxygen atoms in total. The van der Waals surface area contributed by atoms with Crippen LogP contribution < -0.4 is 10.0 Å². The molecule has 1 aromatic heterocycles. The topological polar surface area (TPSA) is 67.4 Å². The minimum atomic E-state index is -3.56. The predicted molar refractivity (Wildman–Crippen MR) is 96.8 cm³/mol. The van der Waals surface area contributed by atoms with E-state index in [1.807, 2.05) is 26.0 Å². The summed E-state index contributed by atoms with van der Waals surface area (Å²) in [6.45, 7) is 4.48. The summed E-state index contributed by atoms with van der Waals surface area (Å²) in [5.41, 5.74) is 1.99. The summed E-state index contributed by atoms with van der Waals surface area (Å²) in [5, 5.41) is 5.09. The van der Waals surface area contributed by atoms with Crippen molar-refractivity contribution in [2.45, 2.75) is 23.5 Å². The molecular formula is C15H16N2O3S3. The first-order valence-corrected chi connectivity index (χ1v) is 9.70. The van der Waals surface area contributed by atoms with E-state index in [4.69, 9.17) is 17.0 Å². The first-order chi connectivity index (χ1) is 10.8. The summed E-state index contributed by atoms with van der Waals surface area (Å²) in [6, 6.07) is 8.63. The number of sulfonamides is 1. The molecule has 0 aliphatic carbocycles. The number of nitrogens with one attached hydrogen (secondary N) is 2. The van der Waals surface area contributed by atoms with Crippen molar-refractivity contribution in [3.63, 3.8) is 0 Å². The third kappa shape index (κ3) is 3.34. The summed E-state index contributed by atoms with van der Waals surface area (Å²) in [7, 11) is -3.56. The van der Waals surface area contributed by atoms with Crippen LogP contribution in [0.4, 0.5) is 11.4 Å². The number of ether oxygens (including phenoxy) is 1. The van der Waals surface area contributed by atoms with Gasteiger partial charge in [0.15, 0.2) is 0 Å². The molecule has 1 aliphatic rings. The van der Waals surface area contributed by atoms with Crippen molar-refractivity contribution in [1.29, 1.82) is 0 Å². The highest BCUT2D eigenvalue weighted by molar-refractivity contribution is 7.94. The predicted octanol–water partition coefficient (Wildman–Crippen LogP) is 3.55. The minimum Gasteiger partial charge on any atom is -0.470 e. The Bertz CT molecular complexity index is 843. The highest BCUT2D eigenvalue weighted by Crippen LogP contribution is 2.35. The molecule has 0 spiro atoms. The molecule has 8 heteroatoms. The van der Waals surface area contributed by atoms with Gasteiger partial charge in [-0.15, -0.1) is 11.3 Å². The second kappa shape index (κ2) is 5.77. The Morgan fingerprint density at radius 2 is 2.13 bits per heavy atom. The van der Waals surface area contributed by atoms with Crippen LogP contribution in [0.5, 0.6) is 0 Å². The van der Waals surface area contributed by atoms with Gasteiger partial charge >= 0.3 is 0 Å². The Morgan fingerprint density at radius 3 is 2.83 bits per heavy atom. The fourth-order valence-corrected chi connectivity index (χ4v) is 4.58. The fourth-order valence-electron chi connectivity index (χ4n) is 2.37. The van der Waals surface area contributed by atoms with Crippen LogP contribution in [0.25, 0.3) is 0 Å². The van der Waals surface area contributed by atoms with Gasteiger partial charge in [-0.05, 0) is 47.4 Å². The number of hydrogen-bond donors (Lipinski definition) is 2. The van der Waals surface area contributed by atoms with E-state index in [0.29, 0.717) is 17.5 Å². The molecule has 0 fully saturated rings. The summed E-state index contributed by atoms with van der Waals surface area (Å²) in [4.78, 5) is 0. The summed E-state index contributed by atoms with van der Waals surface area (Å²) < 4.78 is 33.1. The van der Waals surface area contributed by atoms with Crippen LogP contribution in [0, 0.1) is 0 Å². The van der Waals surface area contributed by atoms with Crippen LogP contribution in [-0.2, 0) is 20.2 Å². The van der Waals surface area contributed by atoms with Gasteiger partial charge in [0.05, 0.1) is 6.61 Å². The summed E-state index contributed by atoms with van der Waals surface area (Å²) >= 11 is 6.28. The third-order valence-electron chi connectivity index (χ3n) is 3.56. The van der Waals surface area contributed by atoms with Crippen molar-refractivity contribution in [2.75, 3.05) is 16.6 Å². The van der Waals surface area contributed by atoms with Crippen molar-refractivity contribution in [3.8, 4) is 0 Å². The molecule has 0 saturated heterocycles. The Hall–Kier alpha value is -1.64. The molecule has 2 N–H and O–H groups in total. The van der Waals surface area contributed by atoms with Crippen molar-refractivity contribution in [3.05, 3.63) is 41.3 Å². The molecule has 2 aromatic rings. The highest BCUT2D eigenvalue weighted by Gasteiger charge is 2.29. The SMILES string of the molecule is CC1(C)COC(=S)Nc2ccc(NS(=O)(=O)c3cccs3)cc21. The van der Waals surface area contributed by atoms with E-state index >= 15 is 0 Å². The molecular weight excluding hydrogens is 352 g/mol. The number of fused-ring (bicyclic) bond motifs is 1. The maximum atomic E-state index is 12.4. The quantitative estimate of drug-likeness (QED) is 0.811. The third-order valence-corrected chi connectivity index (χ3v) is 6.56. The van der Waals surface area contributed by atoms with Crippen LogP contribution in [0.3, 0.4) is 0 Å². The number of rotatable bonds is 3. The van der Waals surface area contributed by atoms with E-state index in [-0.39, 0.29) is 9.62 Å². The lowest BCUT2D eigenvalue weighted by molar-refractivity contribution is 0.239. The van der Waals surface area contributed by atoms with Crippen LogP contribution in [0.15, 0.2) is 39.9 Å². The standard InChI is InChI=1S/C15H16N2O3S3/c1-15(2)9-20-14(21)16-12-6-5-10(8-11(12)15)17-23(18,19)13-4-3-7-22-13/h3-8,17H,9H2,1-2H3,(H,16,21). The Balaban J connectivity index is 1.98. The summed E-state index contributed by atoms with van der Waals surface area (Å²) in [6.07, 6.45) is 0. The van der Waals surface area contributed by atoms with E-state index in [9.17, 15) is 8.42 Å². The molecule has 1 aromatic carbocycles. The zero-order valence-electron chi connectivity index (χ0n) is 12.6. The molecule has 1 aliphatic heterocycles. The zero-order valence-corrected chi connectivity index (χ0v) is 15.1. The monoisotopic (exact) mass is 368 g/mol. The van der Waals surface area contributed by atoms with Gasteiger partial charge < -0.3 is 10.1 Å². The van der Waals surface area contributed by atoms with Gasteiger partial charge in [-0.2, -0.15) is 0 Å². The second-order valence-electron chi connectivity index (χ2n) is 5.88. The molecule has 0 bridgehead atoms. The van der Waals surface area contributed by atoms with E-state index < -0.39 is 10.0 Å². The molecule has 3 rings (SSSR count). The van der Waals surface area contributed by atoms with E-state index in [1.165, 1.54) is 11.3 Å². The molecule has 0 radical (unpaired) electrons. The highest BCUT2D eigenvalue weighted by atomic mass is 32.2. The lowest BCUT2D eigenvalue weighted by Crippen LogP contribution is -2.23. The van der Waals surface area contributed by atoms with Gasteiger partial charge in [-0.3, -0.25) is 4.72 Å². The fraction of sp³-hybridized carbons (Fsp3) is 0.267. The number of thiophene rings is 1. The van der Waals surface area contributed by atoms with Crippen LogP contribution in [0.1, 0.15) is 19.4 Å². The second-order valence-corrected chi connectivity index (χ2v) is 9.11. The lowest BCUT2D eigenvalue weighted by atomic mass is 9.84. The van der Waals surface area contributed by atoms with E-state index in [1.54, 1.807) is 23.6 Å². The van der Waals surface area contributed by atoms with Crippen LogP contribution in [0.2, 0.25) is 0 Å². The molecule has 2 heterocycles. The molecule has 0 amide bonds. The van der Waals surface area contributed by atoms with Crippen molar-refractivity contribution in [1.82, 2.24) is 0 Å². The van der Waals surface area contributed by atoms with Gasteiger partial charge in [-0.25, -0.2) is 8.42 Å². The van der Waals surface area contributed by atoms with Gasteiger partial charge in [0.25, 0.3) is 15.2 Å². The van der Waals surface area contributed by atoms with Gasteiger partial charge in [-0.1, -0.05) is 19.9 Å². The van der Waals surface area contributed by atoms with Gasteiger partial charge in [0.1, 0.15) is 4.21 Å². The number of benzene rings is 1. The smallest absolute Gasteiger partial charge is 0.271 e. The van der Waals surface area contributed by atoms with E-state index in [2.05, 4.69) is 10.0 Å². The average Bonchev–Trinajstić information content (AvgIpc) is 2.98. The van der Waals surface area contributed by atoms with E-state index in [0.717, 1.165) is 11.3 Å².